The van der Waals surface area contributed by atoms with Crippen molar-refractivity contribution in [3.8, 4) is 0 Å². The van der Waals surface area contributed by atoms with Crippen molar-refractivity contribution in [2.45, 2.75) is 26.3 Å². The number of hydrogen-bond acceptors (Lipinski definition) is 3. The van der Waals surface area contributed by atoms with Gasteiger partial charge in [-0.1, -0.05) is 29.3 Å². The molecule has 0 aromatic heterocycles. The predicted octanol–water partition coefficient (Wildman–Crippen LogP) is 2.95. The Hall–Kier alpha value is -1.26. The average Bonchev–Trinajstić information content (AvgIpc) is 2.41. The lowest BCUT2D eigenvalue weighted by molar-refractivity contribution is -0.152. The van der Waals surface area contributed by atoms with Gasteiger partial charge in [-0.15, -0.1) is 0 Å². The van der Waals surface area contributed by atoms with Crippen molar-refractivity contribution in [1.29, 1.82) is 0 Å². The van der Waals surface area contributed by atoms with E-state index in [4.69, 9.17) is 27.9 Å². The van der Waals surface area contributed by atoms with Crippen LogP contribution in [0.1, 0.15) is 19.4 Å². The van der Waals surface area contributed by atoms with Gasteiger partial charge in [-0.05, 0) is 31.5 Å². The van der Waals surface area contributed by atoms with Gasteiger partial charge < -0.3 is 9.64 Å². The molecule has 0 saturated carbocycles. The number of halogens is 2. The van der Waals surface area contributed by atoms with Crippen LogP contribution in [0, 0.1) is 0 Å². The first kappa shape index (κ1) is 16.8. The molecule has 1 aromatic rings. The van der Waals surface area contributed by atoms with E-state index in [9.17, 15) is 9.59 Å². The van der Waals surface area contributed by atoms with Gasteiger partial charge in [0.25, 0.3) is 0 Å². The lowest BCUT2D eigenvalue weighted by Gasteiger charge is -2.23. The maximum absolute atomic E-state index is 12.2. The minimum Gasteiger partial charge on any atom is -0.464 e. The van der Waals surface area contributed by atoms with Crippen molar-refractivity contribution in [2.75, 3.05) is 13.7 Å². The summed E-state index contributed by atoms with van der Waals surface area (Å²) < 4.78 is 4.89. The van der Waals surface area contributed by atoms with Gasteiger partial charge in [0.1, 0.15) is 6.04 Å². The van der Waals surface area contributed by atoms with Crippen molar-refractivity contribution < 1.29 is 14.3 Å². The van der Waals surface area contributed by atoms with Crippen molar-refractivity contribution in [2.24, 2.45) is 0 Å². The molecule has 0 unspecified atom stereocenters. The van der Waals surface area contributed by atoms with Crippen molar-refractivity contribution in [1.82, 2.24) is 4.90 Å². The molecule has 20 heavy (non-hydrogen) atoms. The molecule has 0 radical (unpaired) electrons. The fraction of sp³-hybridized carbons (Fsp3) is 0.429. The largest absolute Gasteiger partial charge is 0.464 e. The van der Waals surface area contributed by atoms with E-state index >= 15 is 0 Å². The number of benzene rings is 1. The number of nitrogens with zero attached hydrogens (tertiary/aromatic N) is 1. The first-order chi connectivity index (χ1) is 9.38. The predicted molar refractivity (Wildman–Crippen MR) is 79.0 cm³/mol. The van der Waals surface area contributed by atoms with Gasteiger partial charge in [0, 0.05) is 17.1 Å². The summed E-state index contributed by atoms with van der Waals surface area (Å²) in [6.07, 6.45) is 0.0404. The summed E-state index contributed by atoms with van der Waals surface area (Å²) in [7, 11) is 1.55. The third kappa shape index (κ3) is 4.12. The van der Waals surface area contributed by atoms with Crippen LogP contribution in [0.3, 0.4) is 0 Å². The quantitative estimate of drug-likeness (QED) is 0.784. The van der Waals surface area contributed by atoms with E-state index in [1.807, 2.05) is 0 Å². The number of amides is 1. The molecule has 0 bridgehead atoms. The highest BCUT2D eigenvalue weighted by molar-refractivity contribution is 6.36. The van der Waals surface area contributed by atoms with E-state index < -0.39 is 12.0 Å². The van der Waals surface area contributed by atoms with Crippen molar-refractivity contribution in [3.63, 3.8) is 0 Å². The zero-order valence-electron chi connectivity index (χ0n) is 11.7. The van der Waals surface area contributed by atoms with Gasteiger partial charge >= 0.3 is 5.97 Å². The molecule has 1 rings (SSSR count). The number of likely N-dealkylation sites (N-methyl/N-ethyl adjacent to an activating group) is 1. The zero-order chi connectivity index (χ0) is 15.3. The zero-order valence-corrected chi connectivity index (χ0v) is 13.2. The van der Waals surface area contributed by atoms with Crippen LogP contribution in [0.2, 0.25) is 10.0 Å². The number of carbonyl (C=O) groups excluding carboxylic acids is 2. The van der Waals surface area contributed by atoms with Crippen LogP contribution in [0.25, 0.3) is 0 Å². The van der Waals surface area contributed by atoms with Gasteiger partial charge in [-0.25, -0.2) is 4.79 Å². The lowest BCUT2D eigenvalue weighted by atomic mass is 10.1. The van der Waals surface area contributed by atoms with E-state index in [1.165, 1.54) is 4.90 Å². The Balaban J connectivity index is 2.78. The summed E-state index contributed by atoms with van der Waals surface area (Å²) in [5.41, 5.74) is 0.559. The molecular weight excluding hydrogens is 301 g/mol. The topological polar surface area (TPSA) is 46.6 Å². The van der Waals surface area contributed by atoms with Crippen LogP contribution >= 0.6 is 23.2 Å². The molecule has 0 N–H and O–H groups in total. The average molecular weight is 318 g/mol. The van der Waals surface area contributed by atoms with Gasteiger partial charge in [0.2, 0.25) is 5.91 Å². The Bertz CT molecular complexity index is 485. The fourth-order valence-electron chi connectivity index (χ4n) is 1.61. The first-order valence-electron chi connectivity index (χ1n) is 6.23. The standard InChI is InChI=1S/C14H17Cl2NO3/c1-4-20-14(19)9(2)17(3)13(18)8-10-11(15)6-5-7-12(10)16/h5-7,9H,4,8H2,1-3H3/t9-/m0/s1. The molecule has 1 atom stereocenters. The second-order valence-electron chi connectivity index (χ2n) is 4.31. The van der Waals surface area contributed by atoms with Crippen LogP contribution in [0.5, 0.6) is 0 Å². The van der Waals surface area contributed by atoms with E-state index in [0.29, 0.717) is 15.6 Å². The Kier molecular flexibility index (Phi) is 6.30. The Morgan fingerprint density at radius 3 is 2.35 bits per heavy atom. The van der Waals surface area contributed by atoms with Crippen molar-refractivity contribution >= 4 is 35.1 Å². The molecule has 1 amide bonds. The summed E-state index contributed by atoms with van der Waals surface area (Å²) in [6.45, 7) is 3.61. The highest BCUT2D eigenvalue weighted by Gasteiger charge is 2.24. The third-order valence-electron chi connectivity index (χ3n) is 2.99. The second kappa shape index (κ2) is 7.50. The molecule has 4 nitrogen and oxygen atoms in total. The summed E-state index contributed by atoms with van der Waals surface area (Å²) in [5, 5.41) is 0.867. The molecular formula is C14H17Cl2NO3. The molecule has 110 valence electrons. The van der Waals surface area contributed by atoms with Crippen LogP contribution in [-0.4, -0.2) is 36.5 Å². The number of rotatable bonds is 5. The number of esters is 1. The first-order valence-corrected chi connectivity index (χ1v) is 6.99. The van der Waals surface area contributed by atoms with Crippen LogP contribution in [0.15, 0.2) is 18.2 Å². The molecule has 0 aliphatic rings. The van der Waals surface area contributed by atoms with Crippen LogP contribution in [-0.2, 0) is 20.7 Å². The Morgan fingerprint density at radius 2 is 1.85 bits per heavy atom. The maximum atomic E-state index is 12.2. The molecule has 0 aliphatic carbocycles. The van der Waals surface area contributed by atoms with E-state index in [1.54, 1.807) is 39.1 Å². The minimum absolute atomic E-state index is 0.0404. The second-order valence-corrected chi connectivity index (χ2v) is 5.12. The molecule has 0 aliphatic heterocycles. The summed E-state index contributed by atoms with van der Waals surface area (Å²) in [5.74, 6) is -0.686. The van der Waals surface area contributed by atoms with Gasteiger partial charge in [0.05, 0.1) is 13.0 Å². The summed E-state index contributed by atoms with van der Waals surface area (Å²) in [6, 6.07) is 4.41. The molecule has 0 spiro atoms. The normalized spacial score (nSPS) is 11.8. The van der Waals surface area contributed by atoms with E-state index in [0.717, 1.165) is 0 Å². The van der Waals surface area contributed by atoms with Crippen molar-refractivity contribution in [3.05, 3.63) is 33.8 Å². The summed E-state index contributed by atoms with van der Waals surface area (Å²) >= 11 is 12.0. The van der Waals surface area contributed by atoms with E-state index in [-0.39, 0.29) is 18.9 Å². The molecule has 0 heterocycles. The molecule has 0 fully saturated rings. The number of hydrogen-bond donors (Lipinski definition) is 0. The highest BCUT2D eigenvalue weighted by Crippen LogP contribution is 2.25. The summed E-state index contributed by atoms with van der Waals surface area (Å²) in [4.78, 5) is 25.1. The number of carbonyl (C=O) groups is 2. The fourth-order valence-corrected chi connectivity index (χ4v) is 2.15. The molecule has 6 heteroatoms. The smallest absolute Gasteiger partial charge is 0.328 e. The Labute approximate surface area is 128 Å². The van der Waals surface area contributed by atoms with Crippen LogP contribution < -0.4 is 0 Å². The van der Waals surface area contributed by atoms with Crippen LogP contribution in [0.4, 0.5) is 0 Å². The van der Waals surface area contributed by atoms with E-state index in [2.05, 4.69) is 0 Å². The molecule has 0 saturated heterocycles. The third-order valence-corrected chi connectivity index (χ3v) is 3.70. The monoisotopic (exact) mass is 317 g/mol. The van der Waals surface area contributed by atoms with Gasteiger partial charge in [-0.3, -0.25) is 4.79 Å². The lowest BCUT2D eigenvalue weighted by Crippen LogP contribution is -2.42. The van der Waals surface area contributed by atoms with Gasteiger partial charge in [-0.2, -0.15) is 0 Å². The molecule has 1 aromatic carbocycles. The van der Waals surface area contributed by atoms with Gasteiger partial charge in [0.15, 0.2) is 0 Å². The highest BCUT2D eigenvalue weighted by atomic mass is 35.5. The minimum atomic E-state index is -0.649. The number of ether oxygens (including phenoxy) is 1. The Morgan fingerprint density at radius 1 is 1.30 bits per heavy atom. The maximum Gasteiger partial charge on any atom is 0.328 e. The SMILES string of the molecule is CCOC(=O)[C@H](C)N(C)C(=O)Cc1c(Cl)cccc1Cl.